The van der Waals surface area contributed by atoms with E-state index in [0.717, 1.165) is 20.7 Å². The van der Waals surface area contributed by atoms with Crippen LogP contribution in [0.2, 0.25) is 0 Å². The van der Waals surface area contributed by atoms with Gasteiger partial charge in [0.2, 0.25) is 5.91 Å². The Morgan fingerprint density at radius 3 is 2.58 bits per heavy atom. The highest BCUT2D eigenvalue weighted by atomic mass is 79.9. The summed E-state index contributed by atoms with van der Waals surface area (Å²) in [5, 5.41) is 12.4. The van der Waals surface area contributed by atoms with E-state index in [4.69, 9.17) is 9.47 Å². The molecule has 3 aromatic rings. The Labute approximate surface area is 209 Å². The van der Waals surface area contributed by atoms with E-state index in [-0.39, 0.29) is 24.9 Å². The fourth-order valence-electron chi connectivity index (χ4n) is 2.99. The number of aryl methyl sites for hydroxylation is 1. The van der Waals surface area contributed by atoms with Crippen LogP contribution in [-0.2, 0) is 22.7 Å². The molecule has 33 heavy (non-hydrogen) atoms. The van der Waals surface area contributed by atoms with Crippen LogP contribution in [0.4, 0.5) is 5.00 Å². The SMILES string of the molecule is CCOC(=O)c1c(NC(=O)CSc2nnc(COc3ccc(Br)cc3)n2CC)sc(C)c1C. The normalized spacial score (nSPS) is 10.8. The van der Waals surface area contributed by atoms with Crippen molar-refractivity contribution < 1.29 is 19.1 Å². The van der Waals surface area contributed by atoms with Crippen LogP contribution < -0.4 is 10.1 Å². The van der Waals surface area contributed by atoms with Gasteiger partial charge >= 0.3 is 5.97 Å². The Kier molecular flexibility index (Phi) is 8.93. The molecule has 1 amide bonds. The molecule has 3 rings (SSSR count). The van der Waals surface area contributed by atoms with E-state index in [2.05, 4.69) is 31.4 Å². The highest BCUT2D eigenvalue weighted by Gasteiger charge is 2.22. The largest absolute Gasteiger partial charge is 0.486 e. The number of esters is 1. The molecule has 0 aliphatic rings. The Morgan fingerprint density at radius 2 is 1.91 bits per heavy atom. The fourth-order valence-corrected chi connectivity index (χ4v) is 5.14. The molecule has 0 unspecified atom stereocenters. The minimum Gasteiger partial charge on any atom is -0.486 e. The number of rotatable bonds is 10. The number of ether oxygens (including phenoxy) is 2. The molecule has 0 atom stereocenters. The third-order valence-corrected chi connectivity index (χ3v) is 7.36. The summed E-state index contributed by atoms with van der Waals surface area (Å²) in [5.41, 5.74) is 1.24. The maximum absolute atomic E-state index is 12.6. The molecule has 0 fully saturated rings. The number of thiophene rings is 1. The third kappa shape index (κ3) is 6.36. The number of hydrogen-bond acceptors (Lipinski definition) is 8. The smallest absolute Gasteiger partial charge is 0.341 e. The number of carbonyl (C=O) groups excluding carboxylic acids is 2. The van der Waals surface area contributed by atoms with Crippen LogP contribution in [-0.4, -0.2) is 39.0 Å². The van der Waals surface area contributed by atoms with Crippen molar-refractivity contribution >= 4 is 55.9 Å². The zero-order valence-corrected chi connectivity index (χ0v) is 22.0. The summed E-state index contributed by atoms with van der Waals surface area (Å²) >= 11 is 6.05. The number of thioether (sulfide) groups is 1. The molecule has 2 heterocycles. The van der Waals surface area contributed by atoms with Gasteiger partial charge in [-0.25, -0.2) is 4.79 Å². The van der Waals surface area contributed by atoms with Gasteiger partial charge in [-0.2, -0.15) is 0 Å². The van der Waals surface area contributed by atoms with Crippen LogP contribution in [0.5, 0.6) is 5.75 Å². The van der Waals surface area contributed by atoms with E-state index in [1.165, 1.54) is 23.1 Å². The first-order valence-corrected chi connectivity index (χ1v) is 12.9. The average Bonchev–Trinajstić information content (AvgIpc) is 3.31. The minimum atomic E-state index is -0.427. The molecule has 8 nitrogen and oxygen atoms in total. The van der Waals surface area contributed by atoms with E-state index < -0.39 is 5.97 Å². The summed E-state index contributed by atoms with van der Waals surface area (Å²) in [5.74, 6) is 0.881. The topological polar surface area (TPSA) is 95.3 Å². The first-order chi connectivity index (χ1) is 15.8. The summed E-state index contributed by atoms with van der Waals surface area (Å²) in [6.45, 7) is 8.69. The predicted octanol–water partition coefficient (Wildman–Crippen LogP) is 5.23. The number of carbonyl (C=O) groups is 2. The number of nitrogens with one attached hydrogen (secondary N) is 1. The first kappa shape index (κ1) is 25.3. The second-order valence-corrected chi connectivity index (χ2v) is 10.0. The van der Waals surface area contributed by atoms with Crippen molar-refractivity contribution in [3.63, 3.8) is 0 Å². The van der Waals surface area contributed by atoms with Gasteiger partial charge in [-0.05, 0) is 57.5 Å². The Bertz CT molecular complexity index is 1130. The Hall–Kier alpha value is -2.37. The maximum atomic E-state index is 12.6. The summed E-state index contributed by atoms with van der Waals surface area (Å²) in [4.78, 5) is 25.9. The van der Waals surface area contributed by atoms with Crippen LogP contribution >= 0.6 is 39.0 Å². The van der Waals surface area contributed by atoms with Crippen molar-refractivity contribution in [2.24, 2.45) is 0 Å². The molecule has 1 aromatic carbocycles. The van der Waals surface area contributed by atoms with Gasteiger partial charge in [-0.15, -0.1) is 21.5 Å². The number of halogens is 1. The first-order valence-electron chi connectivity index (χ1n) is 10.3. The van der Waals surface area contributed by atoms with E-state index in [1.807, 2.05) is 49.6 Å². The summed E-state index contributed by atoms with van der Waals surface area (Å²) in [7, 11) is 0. The van der Waals surface area contributed by atoms with Crippen molar-refractivity contribution in [3.05, 3.63) is 50.6 Å². The molecule has 2 aromatic heterocycles. The monoisotopic (exact) mass is 552 g/mol. The van der Waals surface area contributed by atoms with Crippen molar-refractivity contribution in [2.75, 3.05) is 17.7 Å². The van der Waals surface area contributed by atoms with Crippen LogP contribution in [0.15, 0.2) is 33.9 Å². The predicted molar refractivity (Wildman–Crippen MR) is 133 cm³/mol. The molecular weight excluding hydrogens is 528 g/mol. The quantitative estimate of drug-likeness (QED) is 0.272. The molecule has 11 heteroatoms. The van der Waals surface area contributed by atoms with Crippen LogP contribution in [0.1, 0.15) is 40.5 Å². The minimum absolute atomic E-state index is 0.129. The number of aromatic nitrogens is 3. The molecule has 0 saturated carbocycles. The van der Waals surface area contributed by atoms with Gasteiger partial charge in [0, 0.05) is 15.9 Å². The molecule has 0 aliphatic carbocycles. The number of amides is 1. The van der Waals surface area contributed by atoms with Gasteiger partial charge in [-0.1, -0.05) is 27.7 Å². The summed E-state index contributed by atoms with van der Waals surface area (Å²) < 4.78 is 13.8. The second-order valence-electron chi connectivity index (χ2n) is 6.93. The Morgan fingerprint density at radius 1 is 1.18 bits per heavy atom. The second kappa shape index (κ2) is 11.7. The van der Waals surface area contributed by atoms with Crippen molar-refractivity contribution in [2.45, 2.75) is 46.0 Å². The number of nitrogens with zero attached hydrogens (tertiary/aromatic N) is 3. The molecule has 0 radical (unpaired) electrons. The highest BCUT2D eigenvalue weighted by Crippen LogP contribution is 2.33. The average molecular weight is 554 g/mol. The van der Waals surface area contributed by atoms with E-state index in [1.54, 1.807) is 6.92 Å². The van der Waals surface area contributed by atoms with Crippen LogP contribution in [0.3, 0.4) is 0 Å². The standard InChI is InChI=1S/C22H25BrN4O4S2/c1-5-27-17(11-31-16-9-7-15(23)8-10-16)25-26-22(27)32-12-18(28)24-20-19(21(29)30-6-2)13(3)14(4)33-20/h7-10H,5-6,11-12H2,1-4H3,(H,24,28). The van der Waals surface area contributed by atoms with Crippen molar-refractivity contribution in [3.8, 4) is 5.75 Å². The lowest BCUT2D eigenvalue weighted by atomic mass is 10.1. The third-order valence-electron chi connectivity index (χ3n) is 4.74. The number of benzene rings is 1. The van der Waals surface area contributed by atoms with Gasteiger partial charge in [0.05, 0.1) is 17.9 Å². The van der Waals surface area contributed by atoms with E-state index in [0.29, 0.717) is 28.1 Å². The van der Waals surface area contributed by atoms with Gasteiger partial charge in [0.25, 0.3) is 0 Å². The molecule has 1 N–H and O–H groups in total. The molecule has 0 aliphatic heterocycles. The molecule has 176 valence electrons. The van der Waals surface area contributed by atoms with E-state index in [9.17, 15) is 9.59 Å². The molecule has 0 spiro atoms. The van der Waals surface area contributed by atoms with Gasteiger partial charge in [0.1, 0.15) is 17.4 Å². The van der Waals surface area contributed by atoms with Crippen LogP contribution in [0.25, 0.3) is 0 Å². The molecule has 0 bridgehead atoms. The van der Waals surface area contributed by atoms with Gasteiger partial charge < -0.3 is 19.4 Å². The lowest BCUT2D eigenvalue weighted by Gasteiger charge is -2.09. The lowest BCUT2D eigenvalue weighted by molar-refractivity contribution is -0.113. The zero-order chi connectivity index (χ0) is 24.0. The summed E-state index contributed by atoms with van der Waals surface area (Å²) in [6.07, 6.45) is 0. The van der Waals surface area contributed by atoms with Crippen LogP contribution in [0, 0.1) is 13.8 Å². The van der Waals surface area contributed by atoms with Gasteiger partial charge in [0.15, 0.2) is 11.0 Å². The van der Waals surface area contributed by atoms with Gasteiger partial charge in [-0.3, -0.25) is 4.79 Å². The van der Waals surface area contributed by atoms with E-state index >= 15 is 0 Å². The summed E-state index contributed by atoms with van der Waals surface area (Å²) in [6, 6.07) is 7.55. The number of hydrogen-bond donors (Lipinski definition) is 1. The fraction of sp³-hybridized carbons (Fsp3) is 0.364. The Balaban J connectivity index is 1.62. The maximum Gasteiger partial charge on any atom is 0.341 e. The molecule has 0 saturated heterocycles. The lowest BCUT2D eigenvalue weighted by Crippen LogP contribution is -2.17. The van der Waals surface area contributed by atoms with Crippen molar-refractivity contribution in [1.82, 2.24) is 14.8 Å². The van der Waals surface area contributed by atoms with Crippen molar-refractivity contribution in [1.29, 1.82) is 0 Å². The highest BCUT2D eigenvalue weighted by molar-refractivity contribution is 9.10. The zero-order valence-electron chi connectivity index (χ0n) is 18.8. The number of anilines is 1. The molecular formula is C22H25BrN4O4S2.